The van der Waals surface area contributed by atoms with Crippen molar-refractivity contribution in [2.24, 2.45) is 0 Å². The SMILES string of the molecule is Oc1ccccc1-c1cc(/C=C/c2ccccc2Cl)nn1-c1ccccc1. The standard InChI is InChI=1S/C23H17ClN2O/c24-21-12-6-4-8-17(21)14-15-18-16-22(20-11-5-7-13-23(20)27)26(25-18)19-9-2-1-3-10-19/h1-16,27H/b15-14+. The first-order valence-electron chi connectivity index (χ1n) is 8.59. The molecule has 0 atom stereocenters. The van der Waals surface area contributed by atoms with Crippen molar-refractivity contribution in [1.82, 2.24) is 9.78 Å². The molecule has 27 heavy (non-hydrogen) atoms. The third kappa shape index (κ3) is 3.64. The fraction of sp³-hybridized carbons (Fsp3) is 0. The highest BCUT2D eigenvalue weighted by Gasteiger charge is 2.13. The summed E-state index contributed by atoms with van der Waals surface area (Å²) in [4.78, 5) is 0. The lowest BCUT2D eigenvalue weighted by atomic mass is 10.1. The van der Waals surface area contributed by atoms with Gasteiger partial charge in [-0.2, -0.15) is 5.10 Å². The Morgan fingerprint density at radius 1 is 0.815 bits per heavy atom. The second-order valence-corrected chi connectivity index (χ2v) is 6.48. The summed E-state index contributed by atoms with van der Waals surface area (Å²) in [7, 11) is 0. The van der Waals surface area contributed by atoms with Gasteiger partial charge in [0.05, 0.1) is 17.1 Å². The van der Waals surface area contributed by atoms with E-state index in [1.807, 2.05) is 89.6 Å². The van der Waals surface area contributed by atoms with Crippen molar-refractivity contribution in [3.05, 3.63) is 101 Å². The average Bonchev–Trinajstić information content (AvgIpc) is 3.12. The Morgan fingerprint density at radius 2 is 1.52 bits per heavy atom. The summed E-state index contributed by atoms with van der Waals surface area (Å²) < 4.78 is 1.83. The first-order valence-corrected chi connectivity index (χ1v) is 8.96. The predicted octanol–water partition coefficient (Wildman–Crippen LogP) is 6.07. The number of rotatable bonds is 4. The molecule has 3 aromatic carbocycles. The van der Waals surface area contributed by atoms with Crippen LogP contribution in [0.1, 0.15) is 11.3 Å². The molecule has 0 aliphatic heterocycles. The molecule has 3 nitrogen and oxygen atoms in total. The van der Waals surface area contributed by atoms with E-state index >= 15 is 0 Å². The smallest absolute Gasteiger partial charge is 0.124 e. The summed E-state index contributed by atoms with van der Waals surface area (Å²) in [6.07, 6.45) is 3.86. The number of phenolic OH excluding ortho intramolecular Hbond substituents is 1. The second kappa shape index (κ2) is 7.52. The Kier molecular flexibility index (Phi) is 4.77. The Morgan fingerprint density at radius 3 is 2.30 bits per heavy atom. The summed E-state index contributed by atoms with van der Waals surface area (Å²) in [5.41, 5.74) is 4.17. The van der Waals surface area contributed by atoms with Gasteiger partial charge >= 0.3 is 0 Å². The molecule has 1 heterocycles. The van der Waals surface area contributed by atoms with Crippen LogP contribution in [-0.4, -0.2) is 14.9 Å². The molecule has 0 saturated heterocycles. The number of aromatic nitrogens is 2. The minimum Gasteiger partial charge on any atom is -0.507 e. The number of halogens is 1. The summed E-state index contributed by atoms with van der Waals surface area (Å²) in [6.45, 7) is 0. The Hall–Kier alpha value is -3.30. The van der Waals surface area contributed by atoms with Crippen molar-refractivity contribution in [2.75, 3.05) is 0 Å². The quantitative estimate of drug-likeness (QED) is 0.472. The fourth-order valence-corrected chi connectivity index (χ4v) is 3.11. The van der Waals surface area contributed by atoms with Gasteiger partial charge in [-0.3, -0.25) is 0 Å². The molecule has 0 aliphatic carbocycles. The van der Waals surface area contributed by atoms with Crippen LogP contribution in [-0.2, 0) is 0 Å². The lowest BCUT2D eigenvalue weighted by molar-refractivity contribution is 0.477. The number of phenols is 1. The molecule has 0 unspecified atom stereocenters. The molecule has 4 aromatic rings. The van der Waals surface area contributed by atoms with Crippen molar-refractivity contribution in [2.45, 2.75) is 0 Å². The maximum atomic E-state index is 10.3. The third-order valence-corrected chi connectivity index (χ3v) is 4.59. The summed E-state index contributed by atoms with van der Waals surface area (Å²) in [6, 6.07) is 26.7. The zero-order valence-electron chi connectivity index (χ0n) is 14.5. The fourth-order valence-electron chi connectivity index (χ4n) is 2.91. The molecule has 0 radical (unpaired) electrons. The number of para-hydroxylation sites is 2. The molecule has 0 bridgehead atoms. The number of aromatic hydroxyl groups is 1. The Bertz CT molecular complexity index is 1100. The average molecular weight is 373 g/mol. The number of hydrogen-bond acceptors (Lipinski definition) is 2. The second-order valence-electron chi connectivity index (χ2n) is 6.07. The van der Waals surface area contributed by atoms with Crippen LogP contribution in [0.5, 0.6) is 5.75 Å². The van der Waals surface area contributed by atoms with Crippen LogP contribution in [0.25, 0.3) is 29.1 Å². The molecule has 0 saturated carbocycles. The molecule has 0 spiro atoms. The van der Waals surface area contributed by atoms with Gasteiger partial charge in [-0.15, -0.1) is 0 Å². The van der Waals surface area contributed by atoms with E-state index < -0.39 is 0 Å². The van der Waals surface area contributed by atoms with Gasteiger partial charge in [0.15, 0.2) is 0 Å². The Balaban J connectivity index is 1.81. The lowest BCUT2D eigenvalue weighted by Crippen LogP contribution is -1.98. The summed E-state index contributed by atoms with van der Waals surface area (Å²) in [5.74, 6) is 0.219. The van der Waals surface area contributed by atoms with E-state index in [2.05, 4.69) is 0 Å². The normalized spacial score (nSPS) is 11.1. The van der Waals surface area contributed by atoms with Gasteiger partial charge in [-0.25, -0.2) is 4.68 Å². The monoisotopic (exact) mass is 372 g/mol. The molecule has 0 amide bonds. The minimum atomic E-state index is 0.219. The van der Waals surface area contributed by atoms with Gasteiger partial charge in [0, 0.05) is 10.6 Å². The number of benzene rings is 3. The maximum Gasteiger partial charge on any atom is 0.124 e. The van der Waals surface area contributed by atoms with E-state index in [4.69, 9.17) is 16.7 Å². The topological polar surface area (TPSA) is 38.1 Å². The third-order valence-electron chi connectivity index (χ3n) is 4.25. The van der Waals surface area contributed by atoms with Crippen molar-refractivity contribution in [3.63, 3.8) is 0 Å². The zero-order chi connectivity index (χ0) is 18.6. The summed E-state index contributed by atoms with van der Waals surface area (Å²) >= 11 is 6.23. The minimum absolute atomic E-state index is 0.219. The van der Waals surface area contributed by atoms with Gasteiger partial charge in [0.25, 0.3) is 0 Å². The highest BCUT2D eigenvalue weighted by Crippen LogP contribution is 2.31. The lowest BCUT2D eigenvalue weighted by Gasteiger charge is -2.08. The van der Waals surface area contributed by atoms with E-state index in [0.717, 1.165) is 28.2 Å². The molecule has 132 valence electrons. The van der Waals surface area contributed by atoms with Crippen LogP contribution < -0.4 is 0 Å². The first kappa shape index (κ1) is 17.1. The number of hydrogen-bond donors (Lipinski definition) is 1. The van der Waals surface area contributed by atoms with E-state index in [1.54, 1.807) is 12.1 Å². The highest BCUT2D eigenvalue weighted by molar-refractivity contribution is 6.32. The van der Waals surface area contributed by atoms with Gasteiger partial charge in [-0.05, 0) is 48.0 Å². The van der Waals surface area contributed by atoms with Gasteiger partial charge in [0.1, 0.15) is 5.75 Å². The van der Waals surface area contributed by atoms with E-state index in [9.17, 15) is 5.11 Å². The maximum absolute atomic E-state index is 10.3. The van der Waals surface area contributed by atoms with Crippen LogP contribution in [0.2, 0.25) is 5.02 Å². The van der Waals surface area contributed by atoms with Crippen LogP contribution in [0, 0.1) is 0 Å². The Labute approximate surface area is 162 Å². The van der Waals surface area contributed by atoms with E-state index in [-0.39, 0.29) is 5.75 Å². The number of nitrogens with zero attached hydrogens (tertiary/aromatic N) is 2. The van der Waals surface area contributed by atoms with E-state index in [0.29, 0.717) is 5.02 Å². The van der Waals surface area contributed by atoms with Crippen LogP contribution >= 0.6 is 11.6 Å². The molecule has 0 fully saturated rings. The van der Waals surface area contributed by atoms with Crippen molar-refractivity contribution in [3.8, 4) is 22.7 Å². The predicted molar refractivity (Wildman–Crippen MR) is 111 cm³/mol. The summed E-state index contributed by atoms with van der Waals surface area (Å²) in [5, 5.41) is 15.7. The highest BCUT2D eigenvalue weighted by atomic mass is 35.5. The van der Waals surface area contributed by atoms with Crippen molar-refractivity contribution >= 4 is 23.8 Å². The van der Waals surface area contributed by atoms with Gasteiger partial charge in [-0.1, -0.05) is 66.2 Å². The molecular weight excluding hydrogens is 356 g/mol. The van der Waals surface area contributed by atoms with Crippen molar-refractivity contribution in [1.29, 1.82) is 0 Å². The molecule has 1 N–H and O–H groups in total. The van der Waals surface area contributed by atoms with Crippen LogP contribution in [0.15, 0.2) is 84.9 Å². The van der Waals surface area contributed by atoms with Crippen LogP contribution in [0.4, 0.5) is 0 Å². The molecule has 4 heteroatoms. The first-order chi connectivity index (χ1) is 13.2. The largest absolute Gasteiger partial charge is 0.507 e. The van der Waals surface area contributed by atoms with Crippen molar-refractivity contribution < 1.29 is 5.11 Å². The van der Waals surface area contributed by atoms with Gasteiger partial charge < -0.3 is 5.11 Å². The zero-order valence-corrected chi connectivity index (χ0v) is 15.2. The molecule has 0 aliphatic rings. The van der Waals surface area contributed by atoms with E-state index in [1.165, 1.54) is 0 Å². The molecule has 4 rings (SSSR count). The van der Waals surface area contributed by atoms with Crippen LogP contribution in [0.3, 0.4) is 0 Å². The molecule has 1 aromatic heterocycles. The molecular formula is C23H17ClN2O. The van der Waals surface area contributed by atoms with Gasteiger partial charge in [0.2, 0.25) is 0 Å².